The van der Waals surface area contributed by atoms with Gasteiger partial charge in [0.05, 0.1) is 40.6 Å². The number of carbonyl (C=O) groups excluding carboxylic acids is 1. The maximum atomic E-state index is 10.3. The van der Waals surface area contributed by atoms with E-state index in [0.29, 0.717) is 11.9 Å². The number of rotatable bonds is 17. The highest BCUT2D eigenvalue weighted by Gasteiger charge is 2.08. The van der Waals surface area contributed by atoms with E-state index in [1.165, 1.54) is 0 Å². The van der Waals surface area contributed by atoms with E-state index in [1.807, 2.05) is 0 Å². The van der Waals surface area contributed by atoms with Crippen molar-refractivity contribution in [2.24, 2.45) is 44.4 Å². The molecule has 0 heterocycles. The van der Waals surface area contributed by atoms with Gasteiger partial charge in [0.15, 0.2) is 0 Å². The van der Waals surface area contributed by atoms with Crippen molar-refractivity contribution in [3.05, 3.63) is 60.8 Å². The molecule has 17 heteroatoms. The monoisotopic (exact) mass is 709 g/mol. The van der Waals surface area contributed by atoms with Crippen LogP contribution < -0.4 is 45.2 Å². The highest BCUT2D eigenvalue weighted by molar-refractivity contribution is 5.90. The Balaban J connectivity index is -0.000000314. The first-order valence-electron chi connectivity index (χ1n) is 15.9. The van der Waals surface area contributed by atoms with Gasteiger partial charge in [0.2, 0.25) is 0 Å². The lowest BCUT2D eigenvalue weighted by molar-refractivity contribution is -0.466. The van der Waals surface area contributed by atoms with E-state index >= 15 is 0 Å². The fourth-order valence-corrected chi connectivity index (χ4v) is 2.62. The van der Waals surface area contributed by atoms with Crippen molar-refractivity contribution in [1.29, 1.82) is 0 Å². The molecule has 0 aromatic heterocycles. The number of hydrogen-bond donors (Lipinski definition) is 9. The summed E-state index contributed by atoms with van der Waals surface area (Å²) in [6, 6.07) is -0.920. The quantitative estimate of drug-likeness (QED) is 0.0286. The molecule has 0 aliphatic carbocycles. The van der Waals surface area contributed by atoms with E-state index in [1.54, 1.807) is 37.3 Å². The molecule has 17 nitrogen and oxygen atoms in total. The molecule has 0 saturated heterocycles. The number of allylic oxidation sites excluding steroid dienone is 10. The minimum Gasteiger partial charge on any atom is -0.544 e. The molecule has 17 N–H and O–H groups in total. The number of quaternary nitrogens is 1. The van der Waals surface area contributed by atoms with Crippen molar-refractivity contribution < 1.29 is 44.6 Å². The van der Waals surface area contributed by atoms with Crippen molar-refractivity contribution in [2.45, 2.75) is 77.2 Å². The summed E-state index contributed by atoms with van der Waals surface area (Å²) < 4.78 is 3.22. The Bertz CT molecular complexity index is 1180. The molecule has 284 valence electrons. The van der Waals surface area contributed by atoms with Crippen LogP contribution in [-0.2, 0) is 14.4 Å². The van der Waals surface area contributed by atoms with Gasteiger partial charge in [-0.2, -0.15) is 0 Å². The fourth-order valence-electron chi connectivity index (χ4n) is 2.62. The summed E-state index contributed by atoms with van der Waals surface area (Å²) in [6.07, 6.45) is 28.3. The van der Waals surface area contributed by atoms with Crippen LogP contribution in [0.1, 0.15) is 71.1 Å². The zero-order valence-corrected chi connectivity index (χ0v) is 30.4. The summed E-state index contributed by atoms with van der Waals surface area (Å²) in [5.41, 5.74) is 33.9. The summed E-state index contributed by atoms with van der Waals surface area (Å²) in [4.78, 5) is 37.3. The lowest BCUT2D eigenvalue weighted by Gasteiger charge is -2.05. The van der Waals surface area contributed by atoms with Crippen molar-refractivity contribution >= 4 is 41.7 Å². The Labute approximate surface area is 296 Å². The maximum absolute atomic E-state index is 10.3. The third kappa shape index (κ3) is 49.4. The number of unbranched alkanes of at least 4 members (excludes halogenated alkanes) is 1. The molecule has 0 saturated carbocycles. The SMILES string of the molecule is CC/C=C\C/C=C\C/C=C\C/C=C\C/C=C\CCCC(=O)O.C[N+](C)=C(N)N=C(N)N.C[N+](C)=C(N)N=C(N)N.[NH3+][C@@H](CCC(=O)O)C(=O)[O-]. The number of nitrogens with zero attached hydrogens (tertiary/aromatic N) is 4. The predicted octanol–water partition coefficient (Wildman–Crippen LogP) is -1.10. The first-order valence-corrected chi connectivity index (χ1v) is 15.9. The van der Waals surface area contributed by atoms with Crippen LogP contribution in [-0.4, -0.2) is 95.3 Å². The average Bonchev–Trinajstić information content (AvgIpc) is 3.01. The Morgan fingerprint density at radius 3 is 1.26 bits per heavy atom. The molecule has 0 fully saturated rings. The second-order valence-corrected chi connectivity index (χ2v) is 10.5. The van der Waals surface area contributed by atoms with Gasteiger partial charge in [-0.05, 0) is 54.9 Å². The molecular weight excluding hydrogens is 646 g/mol. The third-order valence-corrected chi connectivity index (χ3v) is 5.36. The Kier molecular flexibility index (Phi) is 37.4. The first kappa shape index (κ1) is 51.4. The predicted molar refractivity (Wildman–Crippen MR) is 199 cm³/mol. The highest BCUT2D eigenvalue weighted by atomic mass is 16.4. The van der Waals surface area contributed by atoms with Crippen molar-refractivity contribution in [3.63, 3.8) is 0 Å². The number of carboxylic acids is 3. The number of carbonyl (C=O) groups is 3. The molecule has 0 unspecified atom stereocenters. The molecule has 0 bridgehead atoms. The largest absolute Gasteiger partial charge is 0.544 e. The van der Waals surface area contributed by atoms with Crippen LogP contribution in [0.2, 0.25) is 0 Å². The molecule has 0 amide bonds. The van der Waals surface area contributed by atoms with Crippen LogP contribution in [0.4, 0.5) is 0 Å². The zero-order valence-electron chi connectivity index (χ0n) is 30.4. The Hall–Kier alpha value is -5.45. The zero-order chi connectivity index (χ0) is 39.3. The molecule has 0 aliphatic rings. The van der Waals surface area contributed by atoms with Gasteiger partial charge in [0, 0.05) is 12.8 Å². The fraction of sp³-hybridized carbons (Fsp3) is 0.485. The average molecular weight is 710 g/mol. The van der Waals surface area contributed by atoms with Crippen LogP contribution >= 0.6 is 0 Å². The summed E-state index contributed by atoms with van der Waals surface area (Å²) in [7, 11) is 7.01. The van der Waals surface area contributed by atoms with E-state index in [-0.39, 0.29) is 31.2 Å². The molecule has 0 aromatic carbocycles. The Morgan fingerprint density at radius 2 is 1.00 bits per heavy atom. The highest BCUT2D eigenvalue weighted by Crippen LogP contribution is 1.99. The van der Waals surface area contributed by atoms with Crippen molar-refractivity contribution in [1.82, 2.24) is 0 Å². The standard InChI is InChI=1S/C20H30O2.C5H9NO4.2C4H11N5/c1-2-3-4-5-6-7-8-9-10-11-12-13-14-15-16-17-18-19-20(21)22;6-3(5(9)10)1-2-4(7)8;2*1-9(2)4(7)8-3(5)6/h3-4,6-7,9-10,12-13,15-16H,2,5,8,11,14,17-19H2,1H3,(H,21,22);3H,1-2,6H2,(H,7,8)(H,9,10);2*1-2H3,(H5,5,6,7,8)/p+2/b4-3-,7-6-,10-9-,13-12-,16-15-;;;/t;3-;;/m.0../s1. The maximum Gasteiger partial charge on any atom is 0.387 e. The smallest absolute Gasteiger partial charge is 0.387 e. The number of aliphatic imine (C=N–C) groups is 2. The van der Waals surface area contributed by atoms with E-state index in [9.17, 15) is 19.5 Å². The van der Waals surface area contributed by atoms with Crippen LogP contribution in [0.25, 0.3) is 0 Å². The molecule has 1 atom stereocenters. The van der Waals surface area contributed by atoms with E-state index in [0.717, 1.165) is 44.9 Å². The minimum absolute atomic E-state index is 0.0255. The van der Waals surface area contributed by atoms with Gasteiger partial charge >= 0.3 is 23.9 Å². The van der Waals surface area contributed by atoms with Gasteiger partial charge in [-0.3, -0.25) is 30.2 Å². The molecular formula is C33H63N11O6+2. The van der Waals surface area contributed by atoms with Crippen LogP contribution in [0.3, 0.4) is 0 Å². The van der Waals surface area contributed by atoms with E-state index in [2.05, 4.69) is 83.4 Å². The summed E-state index contributed by atoms with van der Waals surface area (Å²) >= 11 is 0. The molecule has 0 rings (SSSR count). The molecule has 0 spiro atoms. The number of aliphatic carboxylic acids is 3. The lowest BCUT2D eigenvalue weighted by atomic mass is 10.2. The topological polar surface area (TPSA) is 329 Å². The third-order valence-electron chi connectivity index (χ3n) is 5.36. The van der Waals surface area contributed by atoms with Crippen molar-refractivity contribution in [2.75, 3.05) is 28.2 Å². The van der Waals surface area contributed by atoms with Crippen LogP contribution in [0.5, 0.6) is 0 Å². The van der Waals surface area contributed by atoms with Gasteiger partial charge < -0.3 is 48.8 Å². The number of hydrogen-bond acceptors (Lipinski definition) is 4. The number of guanidine groups is 4. The normalized spacial score (nSPS) is 11.1. The molecule has 50 heavy (non-hydrogen) atoms. The first-order chi connectivity index (χ1) is 23.4. The molecule has 0 aromatic rings. The van der Waals surface area contributed by atoms with Gasteiger partial charge in [0.1, 0.15) is 6.04 Å². The van der Waals surface area contributed by atoms with Gasteiger partial charge in [-0.1, -0.05) is 67.7 Å². The van der Waals surface area contributed by atoms with E-state index < -0.39 is 23.9 Å². The van der Waals surface area contributed by atoms with Gasteiger partial charge in [0.25, 0.3) is 11.9 Å². The summed E-state index contributed by atoms with van der Waals surface area (Å²) in [6.45, 7) is 2.14. The van der Waals surface area contributed by atoms with Crippen LogP contribution in [0.15, 0.2) is 70.7 Å². The minimum atomic E-state index is -1.30. The lowest BCUT2D eigenvalue weighted by Crippen LogP contribution is -2.68. The number of carboxylic acid groups (broad SMARTS) is 3. The van der Waals surface area contributed by atoms with Crippen molar-refractivity contribution in [3.8, 4) is 0 Å². The number of nitrogens with two attached hydrogens (primary N) is 6. The second kappa shape index (κ2) is 36.4. The Morgan fingerprint density at radius 1 is 0.660 bits per heavy atom. The van der Waals surface area contributed by atoms with Gasteiger partial charge in [-0.25, -0.2) is 0 Å². The summed E-state index contributed by atoms with van der Waals surface area (Å²) in [5.74, 6) is -2.49. The molecule has 0 aliphatic heterocycles. The molecule has 0 radical (unpaired) electrons. The second-order valence-electron chi connectivity index (χ2n) is 10.5. The van der Waals surface area contributed by atoms with Gasteiger partial charge in [-0.15, -0.1) is 0 Å². The summed E-state index contributed by atoms with van der Waals surface area (Å²) in [5, 5.41) is 26.5. The van der Waals surface area contributed by atoms with E-state index in [4.69, 9.17) is 44.6 Å². The van der Waals surface area contributed by atoms with Crippen LogP contribution in [0, 0.1) is 0 Å².